The Morgan fingerprint density at radius 1 is 1.37 bits per heavy atom. The van der Waals surface area contributed by atoms with Gasteiger partial charge in [-0.1, -0.05) is 6.07 Å². The average Bonchev–Trinajstić information content (AvgIpc) is 2.41. The van der Waals surface area contributed by atoms with E-state index in [4.69, 9.17) is 10.00 Å². The number of nitro benzene ring substituents is 1. The second kappa shape index (κ2) is 5.46. The van der Waals surface area contributed by atoms with Crippen LogP contribution in [0.1, 0.15) is 5.56 Å². The molecular formula is C12H6BrN3O3. The summed E-state index contributed by atoms with van der Waals surface area (Å²) in [6.45, 7) is 0. The van der Waals surface area contributed by atoms with Crippen LogP contribution in [-0.2, 0) is 0 Å². The summed E-state index contributed by atoms with van der Waals surface area (Å²) in [6, 6.07) is 9.43. The largest absolute Gasteiger partial charge is 0.431 e. The number of hydrogen-bond donors (Lipinski definition) is 0. The van der Waals surface area contributed by atoms with Gasteiger partial charge in [0, 0.05) is 18.3 Å². The number of ether oxygens (including phenoxy) is 1. The van der Waals surface area contributed by atoms with E-state index in [-0.39, 0.29) is 17.3 Å². The van der Waals surface area contributed by atoms with Gasteiger partial charge in [0.15, 0.2) is 0 Å². The van der Waals surface area contributed by atoms with E-state index in [9.17, 15) is 10.1 Å². The first-order chi connectivity index (χ1) is 9.11. The second-order valence-corrected chi connectivity index (χ2v) is 4.30. The first-order valence-electron chi connectivity index (χ1n) is 5.08. The zero-order valence-corrected chi connectivity index (χ0v) is 11.0. The fourth-order valence-corrected chi connectivity index (χ4v) is 1.79. The van der Waals surface area contributed by atoms with Crippen molar-refractivity contribution < 1.29 is 9.66 Å². The van der Waals surface area contributed by atoms with Crippen LogP contribution in [0.25, 0.3) is 0 Å². The first-order valence-corrected chi connectivity index (χ1v) is 5.88. The van der Waals surface area contributed by atoms with Gasteiger partial charge in [0.1, 0.15) is 6.07 Å². The van der Waals surface area contributed by atoms with E-state index in [0.717, 1.165) is 0 Å². The minimum Gasteiger partial charge on any atom is -0.431 e. The van der Waals surface area contributed by atoms with Gasteiger partial charge in [-0.25, -0.2) is 4.98 Å². The molecule has 0 unspecified atom stereocenters. The van der Waals surface area contributed by atoms with Crippen molar-refractivity contribution in [1.82, 2.24) is 4.98 Å². The molecule has 0 bridgehead atoms. The quantitative estimate of drug-likeness (QED) is 0.638. The standard InChI is InChI=1S/C12H6BrN3O3/c13-9-2-1-3-10(16(17)18)12(9)19-11-5-4-8(6-14)7-15-11/h1-5,7H. The molecule has 0 aliphatic carbocycles. The molecule has 0 saturated carbocycles. The Labute approximate surface area is 116 Å². The van der Waals surface area contributed by atoms with Crippen LogP contribution in [0.3, 0.4) is 0 Å². The molecule has 0 amide bonds. The normalized spacial score (nSPS) is 9.68. The zero-order chi connectivity index (χ0) is 13.8. The Morgan fingerprint density at radius 3 is 2.74 bits per heavy atom. The molecule has 0 aliphatic rings. The molecule has 1 heterocycles. The van der Waals surface area contributed by atoms with Gasteiger partial charge in [-0.05, 0) is 28.1 Å². The first kappa shape index (κ1) is 13.0. The molecule has 1 aromatic heterocycles. The lowest BCUT2D eigenvalue weighted by atomic mass is 10.3. The van der Waals surface area contributed by atoms with Crippen LogP contribution in [0.4, 0.5) is 5.69 Å². The summed E-state index contributed by atoms with van der Waals surface area (Å²) in [7, 11) is 0. The third-order valence-electron chi connectivity index (χ3n) is 2.21. The highest BCUT2D eigenvalue weighted by Crippen LogP contribution is 2.37. The molecule has 0 saturated heterocycles. The molecule has 0 fully saturated rings. The van der Waals surface area contributed by atoms with E-state index in [1.165, 1.54) is 24.4 Å². The summed E-state index contributed by atoms with van der Waals surface area (Å²) in [6.07, 6.45) is 1.33. The van der Waals surface area contributed by atoms with Crippen LogP contribution < -0.4 is 4.74 Å². The number of aromatic nitrogens is 1. The minimum absolute atomic E-state index is 0.0738. The number of pyridine rings is 1. The number of nitrogens with zero attached hydrogens (tertiary/aromatic N) is 3. The number of rotatable bonds is 3. The Balaban J connectivity index is 2.37. The molecule has 2 rings (SSSR count). The number of nitro groups is 1. The molecule has 19 heavy (non-hydrogen) atoms. The fourth-order valence-electron chi connectivity index (χ4n) is 1.35. The maximum Gasteiger partial charge on any atom is 0.312 e. The van der Waals surface area contributed by atoms with Gasteiger partial charge in [-0.3, -0.25) is 10.1 Å². The summed E-state index contributed by atoms with van der Waals surface area (Å²) in [5, 5.41) is 19.6. The van der Waals surface area contributed by atoms with E-state index in [1.54, 1.807) is 12.1 Å². The van der Waals surface area contributed by atoms with Gasteiger partial charge >= 0.3 is 5.69 Å². The van der Waals surface area contributed by atoms with Crippen LogP contribution in [0, 0.1) is 21.4 Å². The molecule has 6 nitrogen and oxygen atoms in total. The zero-order valence-electron chi connectivity index (χ0n) is 9.41. The highest BCUT2D eigenvalue weighted by molar-refractivity contribution is 9.10. The van der Waals surface area contributed by atoms with Crippen molar-refractivity contribution in [2.45, 2.75) is 0 Å². The molecule has 2 aromatic rings. The summed E-state index contributed by atoms with van der Waals surface area (Å²) >= 11 is 3.19. The van der Waals surface area contributed by atoms with Gasteiger partial charge in [-0.15, -0.1) is 0 Å². The van der Waals surface area contributed by atoms with E-state index >= 15 is 0 Å². The highest BCUT2D eigenvalue weighted by Gasteiger charge is 2.19. The molecular weight excluding hydrogens is 314 g/mol. The van der Waals surface area contributed by atoms with Crippen molar-refractivity contribution in [2.24, 2.45) is 0 Å². The van der Waals surface area contributed by atoms with Gasteiger partial charge < -0.3 is 4.74 Å². The molecule has 1 aromatic carbocycles. The van der Waals surface area contributed by atoms with E-state index < -0.39 is 4.92 Å². The predicted octanol–water partition coefficient (Wildman–Crippen LogP) is 3.42. The monoisotopic (exact) mass is 319 g/mol. The molecule has 0 N–H and O–H groups in total. The summed E-state index contributed by atoms with van der Waals surface area (Å²) in [5.41, 5.74) is 0.217. The van der Waals surface area contributed by atoms with Crippen LogP contribution in [0.5, 0.6) is 11.6 Å². The Hall–Kier alpha value is -2.46. The maximum atomic E-state index is 10.9. The van der Waals surface area contributed by atoms with Gasteiger partial charge in [0.25, 0.3) is 0 Å². The number of nitriles is 1. The SMILES string of the molecule is N#Cc1ccc(Oc2c(Br)cccc2[N+](=O)[O-])nc1. The average molecular weight is 320 g/mol. The van der Waals surface area contributed by atoms with Gasteiger partial charge in [-0.2, -0.15) is 5.26 Å². The van der Waals surface area contributed by atoms with E-state index in [0.29, 0.717) is 10.0 Å². The summed E-state index contributed by atoms with van der Waals surface area (Å²) in [4.78, 5) is 14.3. The second-order valence-electron chi connectivity index (χ2n) is 3.44. The lowest BCUT2D eigenvalue weighted by Crippen LogP contribution is -1.95. The lowest BCUT2D eigenvalue weighted by Gasteiger charge is -2.06. The summed E-state index contributed by atoms with van der Waals surface area (Å²) < 4.78 is 5.84. The van der Waals surface area contributed by atoms with E-state index in [1.807, 2.05) is 6.07 Å². The number of benzene rings is 1. The van der Waals surface area contributed by atoms with Gasteiger partial charge in [0.2, 0.25) is 11.6 Å². The van der Waals surface area contributed by atoms with Crippen LogP contribution >= 0.6 is 15.9 Å². The van der Waals surface area contributed by atoms with Gasteiger partial charge in [0.05, 0.1) is 15.0 Å². The van der Waals surface area contributed by atoms with Crippen molar-refractivity contribution in [3.05, 3.63) is 56.7 Å². The molecule has 7 heteroatoms. The Bertz CT molecular complexity index is 665. The van der Waals surface area contributed by atoms with Crippen LogP contribution in [-0.4, -0.2) is 9.91 Å². The lowest BCUT2D eigenvalue weighted by molar-refractivity contribution is -0.385. The van der Waals surface area contributed by atoms with Crippen molar-refractivity contribution in [1.29, 1.82) is 5.26 Å². The smallest absolute Gasteiger partial charge is 0.312 e. The number of halogens is 1. The topological polar surface area (TPSA) is 89.0 Å². The Kier molecular flexibility index (Phi) is 3.73. The fraction of sp³-hybridized carbons (Fsp3) is 0. The maximum absolute atomic E-state index is 10.9. The Morgan fingerprint density at radius 2 is 2.16 bits per heavy atom. The third-order valence-corrected chi connectivity index (χ3v) is 2.84. The highest BCUT2D eigenvalue weighted by atomic mass is 79.9. The number of hydrogen-bond acceptors (Lipinski definition) is 5. The predicted molar refractivity (Wildman–Crippen MR) is 69.8 cm³/mol. The minimum atomic E-state index is -0.538. The number of para-hydroxylation sites is 1. The molecule has 94 valence electrons. The molecule has 0 aliphatic heterocycles. The molecule has 0 spiro atoms. The van der Waals surface area contributed by atoms with E-state index in [2.05, 4.69) is 20.9 Å². The molecule has 0 radical (unpaired) electrons. The molecule has 0 atom stereocenters. The third kappa shape index (κ3) is 2.86. The van der Waals surface area contributed by atoms with Crippen molar-refractivity contribution in [3.8, 4) is 17.7 Å². The van der Waals surface area contributed by atoms with Crippen molar-refractivity contribution in [2.75, 3.05) is 0 Å². The van der Waals surface area contributed by atoms with Crippen molar-refractivity contribution in [3.63, 3.8) is 0 Å². The van der Waals surface area contributed by atoms with Crippen LogP contribution in [0.15, 0.2) is 41.0 Å². The van der Waals surface area contributed by atoms with Crippen LogP contribution in [0.2, 0.25) is 0 Å². The van der Waals surface area contributed by atoms with Crippen molar-refractivity contribution >= 4 is 21.6 Å². The summed E-state index contributed by atoms with van der Waals surface area (Å²) in [5.74, 6) is 0.249.